The van der Waals surface area contributed by atoms with Crippen molar-refractivity contribution >= 4 is 136 Å². The number of anilines is 2. The predicted molar refractivity (Wildman–Crippen MR) is 234 cm³/mol. The molecule has 10 nitrogen and oxygen atoms in total. The Bertz CT molecular complexity index is 2830. The first-order valence-electron chi connectivity index (χ1n) is 19.2. The van der Waals surface area contributed by atoms with Gasteiger partial charge in [-0.15, -0.1) is 0 Å². The highest BCUT2D eigenvalue weighted by atomic mass is 35.5. The fourth-order valence-electron chi connectivity index (χ4n) is 8.93. The molecule has 300 valence electrons. The maximum absolute atomic E-state index is 14.5. The van der Waals surface area contributed by atoms with Gasteiger partial charge in [0.2, 0.25) is 0 Å². The predicted octanol–water partition coefficient (Wildman–Crippen LogP) is 12.0. The minimum absolute atomic E-state index is 0.0667. The topological polar surface area (TPSA) is 149 Å². The normalized spacial score (nSPS) is 13.9. The second kappa shape index (κ2) is 14.4. The number of amides is 4. The van der Waals surface area contributed by atoms with Gasteiger partial charge in [0.25, 0.3) is 23.6 Å². The third-order valence-corrected chi connectivity index (χ3v) is 12.8. The fourth-order valence-corrected chi connectivity index (χ4v) is 10.1. The number of carbonyl (C=O) groups excluding carboxylic acids is 4. The number of hydrogen-bond acceptors (Lipinski definition) is 6. The maximum Gasteiger partial charge on any atom is 0.335 e. The van der Waals surface area contributed by atoms with Crippen molar-refractivity contribution in [2.45, 2.75) is 52.4 Å². The highest BCUT2D eigenvalue weighted by Gasteiger charge is 2.41. The summed E-state index contributed by atoms with van der Waals surface area (Å²) in [4.78, 5) is 84.1. The number of carboxylic acid groups (broad SMARTS) is 2. The van der Waals surface area contributed by atoms with Gasteiger partial charge in [0.05, 0.1) is 44.8 Å². The lowest BCUT2D eigenvalue weighted by Gasteiger charge is -2.31. The van der Waals surface area contributed by atoms with Gasteiger partial charge in [0.15, 0.2) is 0 Å². The molecule has 0 spiro atoms. The van der Waals surface area contributed by atoms with Crippen molar-refractivity contribution in [3.05, 3.63) is 125 Å². The maximum atomic E-state index is 14.5. The molecule has 14 heteroatoms. The summed E-state index contributed by atoms with van der Waals surface area (Å²) in [5, 5.41) is 22.4. The number of hydrogen-bond donors (Lipinski definition) is 2. The number of rotatable bonds is 10. The van der Waals surface area contributed by atoms with Crippen molar-refractivity contribution in [3.63, 3.8) is 0 Å². The highest BCUT2D eigenvalue weighted by molar-refractivity contribution is 6.57. The Kier molecular flexibility index (Phi) is 9.55. The van der Waals surface area contributed by atoms with Gasteiger partial charge >= 0.3 is 11.9 Å². The minimum Gasteiger partial charge on any atom is -0.478 e. The number of fused-ring (bicyclic) bond motifs is 2. The first kappa shape index (κ1) is 39.7. The Morgan fingerprint density at radius 3 is 1.03 bits per heavy atom. The molecule has 0 saturated heterocycles. The molecule has 2 heterocycles. The van der Waals surface area contributed by atoms with Crippen molar-refractivity contribution in [2.75, 3.05) is 9.80 Å². The zero-order chi connectivity index (χ0) is 42.6. The van der Waals surface area contributed by atoms with Crippen molar-refractivity contribution in [1.29, 1.82) is 0 Å². The molecule has 9 rings (SSSR count). The van der Waals surface area contributed by atoms with E-state index in [1.54, 1.807) is 12.1 Å². The molecule has 7 aromatic carbocycles. The summed E-state index contributed by atoms with van der Waals surface area (Å²) in [6, 6.07) is 14.5. The van der Waals surface area contributed by atoms with Crippen molar-refractivity contribution in [1.82, 2.24) is 0 Å². The van der Waals surface area contributed by atoms with Gasteiger partial charge in [-0.25, -0.2) is 19.4 Å². The van der Waals surface area contributed by atoms with Gasteiger partial charge in [-0.1, -0.05) is 73.1 Å². The van der Waals surface area contributed by atoms with Crippen LogP contribution < -0.4 is 9.80 Å². The quantitative estimate of drug-likeness (QED) is 0.0783. The van der Waals surface area contributed by atoms with Gasteiger partial charge < -0.3 is 10.2 Å². The summed E-state index contributed by atoms with van der Waals surface area (Å²) in [7, 11) is 0. The Hall–Kier alpha value is -5.78. The molecule has 0 aromatic heterocycles. The Balaban J connectivity index is 1.28. The van der Waals surface area contributed by atoms with Crippen LogP contribution in [0.4, 0.5) is 11.4 Å². The summed E-state index contributed by atoms with van der Waals surface area (Å²) in [6.07, 6.45) is 3.81. The first-order chi connectivity index (χ1) is 28.7. The summed E-state index contributed by atoms with van der Waals surface area (Å²) in [5.74, 6) is -5.04. The molecule has 0 unspecified atom stereocenters. The van der Waals surface area contributed by atoms with Crippen LogP contribution in [0.25, 0.3) is 43.1 Å². The molecule has 0 atom stereocenters. The van der Waals surface area contributed by atoms with Crippen molar-refractivity contribution in [3.8, 4) is 0 Å². The summed E-state index contributed by atoms with van der Waals surface area (Å²) < 4.78 is 0. The van der Waals surface area contributed by atoms with Gasteiger partial charge in [-0.2, -0.15) is 0 Å². The van der Waals surface area contributed by atoms with Crippen LogP contribution in [0.2, 0.25) is 20.1 Å². The largest absolute Gasteiger partial charge is 0.478 e. The second-order valence-electron chi connectivity index (χ2n) is 15.0. The Labute approximate surface area is 361 Å². The molecule has 0 aliphatic carbocycles. The summed E-state index contributed by atoms with van der Waals surface area (Å²) in [5.41, 5.74) is 1.79. The molecular formula is C46H30Cl4N2O8. The van der Waals surface area contributed by atoms with Crippen LogP contribution in [0.3, 0.4) is 0 Å². The number of aryl methyl sites for hydroxylation is 2. The number of imide groups is 2. The highest BCUT2D eigenvalue weighted by Crippen LogP contribution is 2.54. The minimum atomic E-state index is -1.13. The van der Waals surface area contributed by atoms with E-state index in [0.29, 0.717) is 69.1 Å². The molecule has 0 fully saturated rings. The molecule has 0 radical (unpaired) electrons. The number of nitrogens with zero attached hydrogens (tertiary/aromatic N) is 2. The molecule has 2 aliphatic heterocycles. The molecule has 60 heavy (non-hydrogen) atoms. The van der Waals surface area contributed by atoms with Gasteiger partial charge in [0, 0.05) is 63.2 Å². The van der Waals surface area contributed by atoms with E-state index in [9.17, 15) is 39.0 Å². The number of carbonyl (C=O) groups is 6. The van der Waals surface area contributed by atoms with Crippen LogP contribution in [0, 0.1) is 0 Å². The van der Waals surface area contributed by atoms with Crippen LogP contribution in [0.5, 0.6) is 0 Å². The molecule has 7 aromatic rings. The van der Waals surface area contributed by atoms with E-state index in [0.717, 1.165) is 22.6 Å². The van der Waals surface area contributed by atoms with Crippen LogP contribution in [-0.2, 0) is 12.8 Å². The molecule has 0 saturated carbocycles. The van der Waals surface area contributed by atoms with E-state index >= 15 is 0 Å². The van der Waals surface area contributed by atoms with Crippen LogP contribution in [0.15, 0.2) is 60.7 Å². The molecule has 4 amide bonds. The monoisotopic (exact) mass is 878 g/mol. The fraction of sp³-hybridized carbons (Fsp3) is 0.174. The molecule has 0 bridgehead atoms. The number of carboxylic acids is 2. The standard InChI is InChI=1S/C46H30Cl4N2O8/c1-3-5-7-19-13-21(9-11-23(19)45(57)58)51-41(53)25-15-29(47)35-37-31(49)17-27-34-28(18-32(50)38(40(34)37)36-30(48)16-26(42(51)54)33(25)39(35)36)44(56)52(43(27)55)22-10-12-24(46(59)60)20(14-22)8-6-4-2/h9-18H,3-8H2,1-2H3,(H,57,58)(H,59,60). The van der Waals surface area contributed by atoms with E-state index in [1.807, 2.05) is 13.8 Å². The van der Waals surface area contributed by atoms with Gasteiger partial charge in [-0.3, -0.25) is 19.2 Å². The number of aromatic carboxylic acids is 2. The van der Waals surface area contributed by atoms with Gasteiger partial charge in [0.1, 0.15) is 0 Å². The van der Waals surface area contributed by atoms with Crippen molar-refractivity contribution < 1.29 is 39.0 Å². The van der Waals surface area contributed by atoms with Gasteiger partial charge in [-0.05, 0) is 97.5 Å². The van der Waals surface area contributed by atoms with E-state index < -0.39 is 35.6 Å². The Morgan fingerprint density at radius 1 is 0.467 bits per heavy atom. The summed E-state index contributed by atoms with van der Waals surface area (Å²) in [6.45, 7) is 3.94. The SMILES string of the molecule is CCCCc1cc(N2C(=O)c3cc(Cl)c4c5c(Cl)cc6c7c(cc(Cl)c(c8c(Cl)cc(c3c48)C2=O)c75)C(=O)N(c2ccc(C(=O)O)c(CCCC)c2)C6=O)ccc1C(=O)O. The van der Waals surface area contributed by atoms with Crippen LogP contribution >= 0.6 is 46.4 Å². The first-order valence-corrected chi connectivity index (χ1v) is 20.7. The lowest BCUT2D eigenvalue weighted by molar-refractivity contribution is 0.0684. The third-order valence-electron chi connectivity index (χ3n) is 11.6. The smallest absolute Gasteiger partial charge is 0.335 e. The van der Waals surface area contributed by atoms with E-state index in [4.69, 9.17) is 46.4 Å². The number of benzene rings is 7. The summed E-state index contributed by atoms with van der Waals surface area (Å²) >= 11 is 28.6. The zero-order valence-electron chi connectivity index (χ0n) is 31.8. The van der Waals surface area contributed by atoms with Crippen molar-refractivity contribution in [2.24, 2.45) is 0 Å². The van der Waals surface area contributed by atoms with Crippen LogP contribution in [-0.4, -0.2) is 45.8 Å². The Morgan fingerprint density at radius 2 is 0.767 bits per heavy atom. The average molecular weight is 881 g/mol. The molecule has 2 N–H and O–H groups in total. The van der Waals surface area contributed by atoms with E-state index in [1.165, 1.54) is 48.5 Å². The number of unbranched alkanes of at least 4 members (excludes halogenated alkanes) is 2. The van der Waals surface area contributed by atoms with Crippen LogP contribution in [0.1, 0.15) is 113 Å². The second-order valence-corrected chi connectivity index (χ2v) is 16.6. The number of halogens is 4. The van der Waals surface area contributed by atoms with E-state index in [2.05, 4.69) is 0 Å². The lowest BCUT2D eigenvalue weighted by atomic mass is 9.81. The lowest BCUT2D eigenvalue weighted by Crippen LogP contribution is -2.41. The zero-order valence-corrected chi connectivity index (χ0v) is 34.8. The average Bonchev–Trinajstić information content (AvgIpc) is 3.21. The molecular weight excluding hydrogens is 850 g/mol. The third kappa shape index (κ3) is 5.61. The van der Waals surface area contributed by atoms with E-state index in [-0.39, 0.29) is 75.6 Å². The molecule has 2 aliphatic rings.